The van der Waals surface area contributed by atoms with Gasteiger partial charge in [-0.2, -0.15) is 0 Å². The summed E-state index contributed by atoms with van der Waals surface area (Å²) < 4.78 is 0. The maximum absolute atomic E-state index is 0. The van der Waals surface area contributed by atoms with Crippen LogP contribution in [0, 0.1) is 0 Å². The Labute approximate surface area is 168 Å². The second kappa shape index (κ2) is 22.8. The zero-order valence-electron chi connectivity index (χ0n) is 1.71. The van der Waals surface area contributed by atoms with Gasteiger partial charge in [0, 0.05) is 0 Å². The van der Waals surface area contributed by atoms with E-state index in [1.807, 2.05) is 0 Å². The molecule has 14 valence electrons. The second-order valence-electron chi connectivity index (χ2n) is 0. The fourth-order valence-corrected chi connectivity index (χ4v) is 0. The van der Waals surface area contributed by atoms with Gasteiger partial charge in [-0.3, -0.25) is 0 Å². The molecule has 0 atom stereocenters. The van der Waals surface area contributed by atoms with E-state index in [0.29, 0.717) is 0 Å². The van der Waals surface area contributed by atoms with Crippen molar-refractivity contribution >= 4 is 150 Å². The fraction of sp³-hybridized carbons (Fsp3) is 0. The molecular formula is H6CsKLiNNa+. The molecule has 0 saturated carbocycles. The maximum atomic E-state index is 0. The van der Waals surface area contributed by atoms with E-state index in [-0.39, 0.29) is 175 Å². The molecule has 5 heavy (non-hydrogen) atoms. The first kappa shape index (κ1) is 31.8. The Bertz CT molecular complexity index is 11.6. The van der Waals surface area contributed by atoms with Crippen molar-refractivity contribution < 1.29 is 18.9 Å². The minimum absolute atomic E-state index is 0. The van der Waals surface area contributed by atoms with Gasteiger partial charge in [0.2, 0.25) is 0 Å². The zero-order chi connectivity index (χ0) is 0. The molecule has 0 aromatic heterocycles. The third kappa shape index (κ3) is 17.6. The Balaban J connectivity index is 0. The molecule has 5 heteroatoms. The van der Waals surface area contributed by atoms with E-state index in [0.717, 1.165) is 0 Å². The summed E-state index contributed by atoms with van der Waals surface area (Å²) in [7, 11) is 0. The van der Waals surface area contributed by atoms with Gasteiger partial charge in [-0.25, -0.2) is 0 Å². The average Bonchev–Trinajstić information content (AvgIpc) is 0. The van der Waals surface area contributed by atoms with Gasteiger partial charge in [0.05, 0.1) is 0 Å². The number of rotatable bonds is 0. The average molecular weight is 222 g/mol. The topological polar surface area (TPSA) is 35.0 Å². The molecule has 0 saturated heterocycles. The van der Waals surface area contributed by atoms with E-state index in [1.165, 1.54) is 0 Å². The van der Waals surface area contributed by atoms with Crippen LogP contribution in [0.5, 0.6) is 0 Å². The Hall–Kier alpha value is 5.25. The second-order valence-corrected chi connectivity index (χ2v) is 0. The molecule has 3 N–H and O–H groups in total. The summed E-state index contributed by atoms with van der Waals surface area (Å²) >= 11 is 0. The molecule has 0 aromatic rings. The first-order valence-electron chi connectivity index (χ1n) is 0. The predicted molar refractivity (Wildman–Crippen MR) is 26.5 cm³/mol. The minimum atomic E-state index is 0. The fourth-order valence-electron chi connectivity index (χ4n) is 0. The molecule has 0 rings (SSSR count). The van der Waals surface area contributed by atoms with Crippen molar-refractivity contribution in [2.45, 2.75) is 0 Å². The van der Waals surface area contributed by atoms with Gasteiger partial charge in [-0.1, -0.05) is 0 Å². The molecule has 0 bridgehead atoms. The van der Waals surface area contributed by atoms with Crippen molar-refractivity contribution in [2.24, 2.45) is 0 Å². The summed E-state index contributed by atoms with van der Waals surface area (Å²) in [6, 6.07) is 0. The molecule has 0 fully saturated rings. The normalized spacial score (nSPS) is 0. The van der Waals surface area contributed by atoms with E-state index in [1.54, 1.807) is 0 Å². The number of hydrogen-bond donors (Lipinski definition) is 1. The molecule has 0 radical (unpaired) electrons. The summed E-state index contributed by atoms with van der Waals surface area (Å²) in [5.74, 6) is 0. The van der Waals surface area contributed by atoms with Gasteiger partial charge >= 0.3 is 169 Å². The van der Waals surface area contributed by atoms with E-state index >= 15 is 0 Å². The first-order chi connectivity index (χ1) is 0. The van der Waals surface area contributed by atoms with E-state index in [2.05, 4.69) is 0 Å². The van der Waals surface area contributed by atoms with Crippen LogP contribution in [-0.4, -0.2) is 150 Å². The zero-order valence-corrected chi connectivity index (χ0v) is 1.71. The van der Waals surface area contributed by atoms with Gasteiger partial charge in [-0.15, -0.1) is 0 Å². The van der Waals surface area contributed by atoms with Crippen LogP contribution in [0.15, 0.2) is 0 Å². The van der Waals surface area contributed by atoms with Gasteiger partial charge in [0.15, 0.2) is 0 Å². The molecule has 1 nitrogen and oxygen atoms in total. The van der Waals surface area contributed by atoms with Crippen LogP contribution in [0.25, 0.3) is 0 Å². The van der Waals surface area contributed by atoms with Crippen LogP contribution in [0.4, 0.5) is 0 Å². The third-order valence-corrected chi connectivity index (χ3v) is 0. The van der Waals surface area contributed by atoms with E-state index < -0.39 is 0 Å². The van der Waals surface area contributed by atoms with Gasteiger partial charge in [0.25, 0.3) is 0 Å². The first-order valence-corrected chi connectivity index (χ1v) is 0. The predicted octanol–water partition coefficient (Wildman–Crippen LogP) is -4.78. The molecule has 0 unspecified atom stereocenters. The third-order valence-electron chi connectivity index (χ3n) is 0. The van der Waals surface area contributed by atoms with Gasteiger partial charge in [-0.05, 0) is 0 Å². The Morgan fingerprint density at radius 2 is 1.00 bits per heavy atom. The Morgan fingerprint density at radius 3 is 1.00 bits per heavy atom. The Morgan fingerprint density at radius 1 is 1.00 bits per heavy atom. The van der Waals surface area contributed by atoms with E-state index in [9.17, 15) is 0 Å². The molecule has 0 amide bonds. The van der Waals surface area contributed by atoms with Gasteiger partial charge < -0.3 is 6.15 Å². The van der Waals surface area contributed by atoms with Gasteiger partial charge in [0.1, 0.15) is 0 Å². The van der Waals surface area contributed by atoms with Crippen molar-refractivity contribution in [1.82, 2.24) is 6.15 Å². The summed E-state index contributed by atoms with van der Waals surface area (Å²) in [4.78, 5) is 0. The molecule has 0 spiro atoms. The summed E-state index contributed by atoms with van der Waals surface area (Å²) in [6.07, 6.45) is 0. The summed E-state index contributed by atoms with van der Waals surface area (Å²) in [5, 5.41) is 0. The van der Waals surface area contributed by atoms with Crippen LogP contribution in [0.1, 0.15) is 0 Å². The van der Waals surface area contributed by atoms with Crippen molar-refractivity contribution in [3.8, 4) is 0 Å². The van der Waals surface area contributed by atoms with Crippen LogP contribution in [0.3, 0.4) is 0 Å². The SMILES string of the molecule is N.[CsH].[KH].[Li+].[NaH]. The molecule has 0 heterocycles. The summed E-state index contributed by atoms with van der Waals surface area (Å²) in [5.41, 5.74) is 0. The van der Waals surface area contributed by atoms with E-state index in [4.69, 9.17) is 0 Å². The Kier molecular flexibility index (Phi) is 145. The molecule has 0 aliphatic carbocycles. The van der Waals surface area contributed by atoms with Crippen LogP contribution < -0.4 is 25.0 Å². The monoisotopic (exact) mass is 222 g/mol. The van der Waals surface area contributed by atoms with Crippen molar-refractivity contribution in [2.75, 3.05) is 0 Å². The van der Waals surface area contributed by atoms with Crippen molar-refractivity contribution in [3.63, 3.8) is 0 Å². The quantitative estimate of drug-likeness (QED) is 0.410. The molecule has 0 aliphatic rings. The molecule has 0 aliphatic heterocycles. The van der Waals surface area contributed by atoms with Crippen molar-refractivity contribution in [3.05, 3.63) is 0 Å². The van der Waals surface area contributed by atoms with Crippen molar-refractivity contribution in [1.29, 1.82) is 0 Å². The van der Waals surface area contributed by atoms with Crippen LogP contribution in [-0.2, 0) is 0 Å². The van der Waals surface area contributed by atoms with Crippen LogP contribution in [0.2, 0.25) is 0 Å². The standard InChI is InChI=1S/Cs.K.Li.H3N.Na.3H/h;;;1H3;;;;/q;;+1;;;;;. The van der Waals surface area contributed by atoms with Crippen LogP contribution >= 0.6 is 0 Å². The number of hydrogen-bond acceptors (Lipinski definition) is 1. The molecular weight excluding hydrogens is 216 g/mol. The summed E-state index contributed by atoms with van der Waals surface area (Å²) in [6.45, 7) is 0. The molecule has 0 aromatic carbocycles.